The molecular formula is C7H6N3S+. The van der Waals surface area contributed by atoms with Crippen LogP contribution in [0.5, 0.6) is 0 Å². The minimum atomic E-state index is 0.777. The predicted octanol–water partition coefficient (Wildman–Crippen LogP) is -0.660. The summed E-state index contributed by atoms with van der Waals surface area (Å²) in [5, 5.41) is 4.16. The maximum atomic E-state index is 4.16. The Morgan fingerprint density at radius 1 is 1.64 bits per heavy atom. The van der Waals surface area contributed by atoms with Crippen LogP contribution in [-0.4, -0.2) is 22.6 Å². The summed E-state index contributed by atoms with van der Waals surface area (Å²) in [4.78, 5) is 4.09. The molecule has 1 aliphatic rings. The zero-order valence-electron chi connectivity index (χ0n) is 5.98. The Balaban J connectivity index is 2.87. The summed E-state index contributed by atoms with van der Waals surface area (Å²) in [7, 11) is 1.83. The fourth-order valence-corrected chi connectivity index (χ4v) is 1.44. The topological polar surface area (TPSA) is 28.3 Å². The lowest BCUT2D eigenvalue weighted by molar-refractivity contribution is -0.500. The Kier molecular flexibility index (Phi) is 1.42. The molecule has 3 nitrogen and oxygen atoms in total. The first-order chi connectivity index (χ1) is 5.36. The molecule has 54 valence electrons. The lowest BCUT2D eigenvalue weighted by Gasteiger charge is -1.71. The monoisotopic (exact) mass is 164 g/mol. The molecule has 1 aliphatic heterocycles. The maximum Gasteiger partial charge on any atom is 0.238 e. The average Bonchev–Trinajstić information content (AvgIpc) is 2.31. The van der Waals surface area contributed by atoms with Crippen LogP contribution in [0, 0.1) is 0 Å². The molecule has 4 heteroatoms. The lowest BCUT2D eigenvalue weighted by atomic mass is 10.5. The summed E-state index contributed by atoms with van der Waals surface area (Å²) < 4.78 is 2.71. The second kappa shape index (κ2) is 2.42. The number of hydrogen-bond donors (Lipinski definition) is 0. The summed E-state index contributed by atoms with van der Waals surface area (Å²) in [5.41, 5.74) is 2.57. The van der Waals surface area contributed by atoms with Gasteiger partial charge >= 0.3 is 0 Å². The fourth-order valence-electron chi connectivity index (χ4n) is 0.830. The smallest absolute Gasteiger partial charge is 0.220 e. The van der Waals surface area contributed by atoms with Gasteiger partial charge in [-0.3, -0.25) is 0 Å². The van der Waals surface area contributed by atoms with Crippen LogP contribution in [0.4, 0.5) is 0 Å². The van der Waals surface area contributed by atoms with Crippen molar-refractivity contribution < 1.29 is 4.68 Å². The number of nitrogens with zero attached hydrogens (tertiary/aromatic N) is 3. The van der Waals surface area contributed by atoms with Crippen LogP contribution in [0.2, 0.25) is 0 Å². The van der Waals surface area contributed by atoms with Gasteiger partial charge in [0.05, 0.1) is 16.1 Å². The molecule has 0 bridgehead atoms. The largest absolute Gasteiger partial charge is 0.238 e. The van der Waals surface area contributed by atoms with Crippen molar-refractivity contribution >= 4 is 23.3 Å². The Morgan fingerprint density at radius 2 is 2.55 bits per heavy atom. The number of allylic oxidation sites excluding steroid dienone is 1. The quantitative estimate of drug-likeness (QED) is 0.468. The van der Waals surface area contributed by atoms with E-state index in [1.807, 2.05) is 19.2 Å². The van der Waals surface area contributed by atoms with Gasteiger partial charge in [-0.1, -0.05) is 0 Å². The molecule has 0 spiro atoms. The van der Waals surface area contributed by atoms with Crippen molar-refractivity contribution in [1.29, 1.82) is 0 Å². The van der Waals surface area contributed by atoms with Gasteiger partial charge < -0.3 is 0 Å². The molecule has 0 N–H and O–H groups in total. The van der Waals surface area contributed by atoms with Crippen molar-refractivity contribution in [3.05, 3.63) is 21.6 Å². The third kappa shape index (κ3) is 1.13. The minimum Gasteiger partial charge on any atom is -0.220 e. The van der Waals surface area contributed by atoms with Gasteiger partial charge in [0.15, 0.2) is 12.9 Å². The standard InChI is InChI=1S/C7H6N3S/c1-10-4-2-3-6-7(9-10)8-5-11-6/h2-3,5H,1H3/q+1. The number of thiazole rings is 1. The first-order valence-electron chi connectivity index (χ1n) is 3.18. The molecular weight excluding hydrogens is 158 g/mol. The first-order valence-corrected chi connectivity index (χ1v) is 4.06. The zero-order valence-corrected chi connectivity index (χ0v) is 6.80. The van der Waals surface area contributed by atoms with Gasteiger partial charge in [-0.05, 0) is 10.8 Å². The van der Waals surface area contributed by atoms with E-state index in [4.69, 9.17) is 0 Å². The van der Waals surface area contributed by atoms with Gasteiger partial charge in [-0.2, -0.15) is 0 Å². The number of fused-ring (bicyclic) bond motifs is 1. The van der Waals surface area contributed by atoms with Crippen LogP contribution in [0.3, 0.4) is 0 Å². The molecule has 0 saturated heterocycles. The van der Waals surface area contributed by atoms with Crippen molar-refractivity contribution in [1.82, 2.24) is 4.98 Å². The van der Waals surface area contributed by atoms with Gasteiger partial charge in [0, 0.05) is 5.10 Å². The van der Waals surface area contributed by atoms with Crippen LogP contribution in [0.25, 0.3) is 6.08 Å². The summed E-state index contributed by atoms with van der Waals surface area (Å²) >= 11 is 1.58. The molecule has 0 fully saturated rings. The highest BCUT2D eigenvalue weighted by molar-refractivity contribution is 7.07. The number of aromatic nitrogens is 1. The van der Waals surface area contributed by atoms with Crippen LogP contribution in [0.15, 0.2) is 16.7 Å². The maximum absolute atomic E-state index is 4.16. The average molecular weight is 164 g/mol. The summed E-state index contributed by atoms with van der Waals surface area (Å²) in [6.07, 6.45) is 3.80. The molecule has 0 aromatic carbocycles. The Morgan fingerprint density at radius 3 is 3.45 bits per heavy atom. The van der Waals surface area contributed by atoms with Gasteiger partial charge in [-0.15, -0.1) is 11.3 Å². The van der Waals surface area contributed by atoms with Crippen molar-refractivity contribution in [2.75, 3.05) is 7.05 Å². The molecule has 0 amide bonds. The van der Waals surface area contributed by atoms with Crippen molar-refractivity contribution in [3.8, 4) is 0 Å². The molecule has 0 unspecified atom stereocenters. The third-order valence-corrected chi connectivity index (χ3v) is 2.10. The number of rotatable bonds is 0. The van der Waals surface area contributed by atoms with Gasteiger partial charge in [-0.25, -0.2) is 4.98 Å². The third-order valence-electron chi connectivity index (χ3n) is 1.32. The van der Waals surface area contributed by atoms with E-state index in [0.717, 1.165) is 10.0 Å². The molecule has 11 heavy (non-hydrogen) atoms. The second-order valence-corrected chi connectivity index (χ2v) is 3.01. The van der Waals surface area contributed by atoms with Crippen molar-refractivity contribution in [2.45, 2.75) is 0 Å². The van der Waals surface area contributed by atoms with Crippen LogP contribution in [-0.2, 0) is 0 Å². The molecule has 1 aromatic heterocycles. The summed E-state index contributed by atoms with van der Waals surface area (Å²) in [6, 6.07) is 0. The van der Waals surface area contributed by atoms with Crippen molar-refractivity contribution in [3.63, 3.8) is 0 Å². The predicted molar refractivity (Wildman–Crippen MR) is 43.1 cm³/mol. The summed E-state index contributed by atoms with van der Waals surface area (Å²) in [6.45, 7) is 0. The van der Waals surface area contributed by atoms with E-state index in [9.17, 15) is 0 Å². The molecule has 0 radical (unpaired) electrons. The molecule has 1 aromatic rings. The van der Waals surface area contributed by atoms with E-state index in [-0.39, 0.29) is 0 Å². The molecule has 2 rings (SSSR count). The summed E-state index contributed by atoms with van der Waals surface area (Å²) in [5.74, 6) is 2.93. The van der Waals surface area contributed by atoms with Crippen LogP contribution >= 0.6 is 11.3 Å². The highest BCUT2D eigenvalue weighted by atomic mass is 32.1. The van der Waals surface area contributed by atoms with Crippen molar-refractivity contribution in [2.24, 2.45) is 5.10 Å². The van der Waals surface area contributed by atoms with Gasteiger partial charge in [0.25, 0.3) is 0 Å². The number of hydrogen-bond acceptors (Lipinski definition) is 3. The highest BCUT2D eigenvalue weighted by Gasteiger charge is 1.96. The fraction of sp³-hybridized carbons (Fsp3) is 0.143. The normalized spacial score (nSPS) is 14.1. The Hall–Kier alpha value is -1.25. The molecule has 0 saturated carbocycles. The van der Waals surface area contributed by atoms with E-state index < -0.39 is 0 Å². The van der Waals surface area contributed by atoms with Gasteiger partial charge in [0.2, 0.25) is 5.49 Å². The SMILES string of the molecule is C[N+]1=C=CC=c2scnc2=N1. The highest BCUT2D eigenvalue weighted by Crippen LogP contribution is 1.79. The second-order valence-electron chi connectivity index (χ2n) is 2.13. The van der Waals surface area contributed by atoms with Crippen LogP contribution in [0.1, 0.15) is 0 Å². The zero-order chi connectivity index (χ0) is 7.68. The van der Waals surface area contributed by atoms with E-state index in [1.165, 1.54) is 0 Å². The Labute approximate surface area is 67.3 Å². The van der Waals surface area contributed by atoms with E-state index in [1.54, 1.807) is 21.5 Å². The van der Waals surface area contributed by atoms with Crippen LogP contribution < -0.4 is 10.0 Å². The molecule has 2 heterocycles. The lowest BCUT2D eigenvalue weighted by Crippen LogP contribution is -2.22. The van der Waals surface area contributed by atoms with Gasteiger partial charge in [0.1, 0.15) is 0 Å². The van der Waals surface area contributed by atoms with E-state index >= 15 is 0 Å². The Bertz CT molecular complexity index is 448. The van der Waals surface area contributed by atoms with E-state index in [0.29, 0.717) is 0 Å². The van der Waals surface area contributed by atoms with E-state index in [2.05, 4.69) is 16.0 Å². The minimum absolute atomic E-state index is 0.777. The first kappa shape index (κ1) is 6.46. The molecule has 0 atom stereocenters. The molecule has 0 aliphatic carbocycles.